The largest absolute Gasteiger partial charge is 0.497 e. The highest BCUT2D eigenvalue weighted by molar-refractivity contribution is 5.85. The van der Waals surface area contributed by atoms with E-state index in [9.17, 15) is 0 Å². The standard InChI is InChI=1S/C20H19NO3/c1-22-18-10-11-20(23-2)17(12-18)13-21-24-14-16-8-5-7-15-6-3-4-9-19(15)16/h3-13H,14H2,1-2H3/b21-13-. The van der Waals surface area contributed by atoms with Gasteiger partial charge >= 0.3 is 0 Å². The van der Waals surface area contributed by atoms with Crippen LogP contribution in [-0.4, -0.2) is 20.4 Å². The second kappa shape index (κ2) is 7.51. The molecule has 4 nitrogen and oxygen atoms in total. The second-order valence-corrected chi connectivity index (χ2v) is 5.25. The van der Waals surface area contributed by atoms with Crippen LogP contribution in [0.15, 0.2) is 65.8 Å². The lowest BCUT2D eigenvalue weighted by atomic mass is 10.1. The molecule has 0 unspecified atom stereocenters. The summed E-state index contributed by atoms with van der Waals surface area (Å²) in [7, 11) is 3.25. The van der Waals surface area contributed by atoms with E-state index in [-0.39, 0.29) is 0 Å². The van der Waals surface area contributed by atoms with E-state index in [0.717, 1.165) is 16.9 Å². The van der Waals surface area contributed by atoms with Gasteiger partial charge in [-0.15, -0.1) is 0 Å². The Morgan fingerprint density at radius 2 is 1.75 bits per heavy atom. The Labute approximate surface area is 141 Å². The third kappa shape index (κ3) is 3.49. The molecule has 3 rings (SSSR count). The van der Waals surface area contributed by atoms with Gasteiger partial charge in [0.2, 0.25) is 0 Å². The first-order chi connectivity index (χ1) is 11.8. The monoisotopic (exact) mass is 321 g/mol. The molecule has 0 heterocycles. The number of benzene rings is 3. The molecule has 0 spiro atoms. The van der Waals surface area contributed by atoms with Gasteiger partial charge in [-0.3, -0.25) is 0 Å². The van der Waals surface area contributed by atoms with Crippen LogP contribution in [0.3, 0.4) is 0 Å². The number of nitrogens with zero attached hydrogens (tertiary/aromatic N) is 1. The zero-order chi connectivity index (χ0) is 16.8. The number of rotatable bonds is 6. The highest BCUT2D eigenvalue weighted by Crippen LogP contribution is 2.23. The van der Waals surface area contributed by atoms with Gasteiger partial charge in [-0.2, -0.15) is 0 Å². The Kier molecular flexibility index (Phi) is 4.96. The number of hydrogen-bond acceptors (Lipinski definition) is 4. The van der Waals surface area contributed by atoms with Crippen LogP contribution in [0, 0.1) is 0 Å². The van der Waals surface area contributed by atoms with Gasteiger partial charge in [-0.05, 0) is 34.5 Å². The lowest BCUT2D eigenvalue weighted by Crippen LogP contribution is -1.94. The van der Waals surface area contributed by atoms with Crippen LogP contribution in [0.4, 0.5) is 0 Å². The molecule has 0 radical (unpaired) electrons. The lowest BCUT2D eigenvalue weighted by Gasteiger charge is -2.07. The van der Waals surface area contributed by atoms with Gasteiger partial charge in [0.05, 0.1) is 20.4 Å². The van der Waals surface area contributed by atoms with Crippen molar-refractivity contribution in [2.45, 2.75) is 6.61 Å². The van der Waals surface area contributed by atoms with E-state index < -0.39 is 0 Å². The summed E-state index contributed by atoms with van der Waals surface area (Å²) in [5.41, 5.74) is 1.90. The van der Waals surface area contributed by atoms with Crippen LogP contribution >= 0.6 is 0 Å². The third-order valence-corrected chi connectivity index (χ3v) is 3.80. The lowest BCUT2D eigenvalue weighted by molar-refractivity contribution is 0.133. The maximum atomic E-state index is 5.48. The molecule has 0 aliphatic heterocycles. The number of hydrogen-bond donors (Lipinski definition) is 0. The molecular weight excluding hydrogens is 302 g/mol. The summed E-state index contributed by atoms with van der Waals surface area (Å²) in [6.45, 7) is 0.407. The molecule has 122 valence electrons. The zero-order valence-corrected chi connectivity index (χ0v) is 13.7. The van der Waals surface area contributed by atoms with E-state index >= 15 is 0 Å². The van der Waals surface area contributed by atoms with Gasteiger partial charge in [0.1, 0.15) is 18.1 Å². The summed E-state index contributed by atoms with van der Waals surface area (Å²) < 4.78 is 10.5. The molecule has 4 heteroatoms. The fourth-order valence-electron chi connectivity index (χ4n) is 2.56. The predicted octanol–water partition coefficient (Wildman–Crippen LogP) is 4.41. The van der Waals surface area contributed by atoms with Crippen molar-refractivity contribution in [1.82, 2.24) is 0 Å². The van der Waals surface area contributed by atoms with Crippen molar-refractivity contribution in [2.75, 3.05) is 14.2 Å². The predicted molar refractivity (Wildman–Crippen MR) is 95.9 cm³/mol. The SMILES string of the molecule is COc1ccc(OC)c(/C=N\OCc2cccc3ccccc23)c1. The number of fused-ring (bicyclic) bond motifs is 1. The molecule has 0 saturated carbocycles. The van der Waals surface area contributed by atoms with E-state index in [1.807, 2.05) is 42.5 Å². The highest BCUT2D eigenvalue weighted by Gasteiger charge is 2.03. The van der Waals surface area contributed by atoms with E-state index in [0.29, 0.717) is 12.4 Å². The summed E-state index contributed by atoms with van der Waals surface area (Å²) in [4.78, 5) is 5.48. The topological polar surface area (TPSA) is 40.0 Å². The average molecular weight is 321 g/mol. The van der Waals surface area contributed by atoms with Crippen molar-refractivity contribution in [1.29, 1.82) is 0 Å². The second-order valence-electron chi connectivity index (χ2n) is 5.25. The minimum Gasteiger partial charge on any atom is -0.497 e. The molecule has 0 N–H and O–H groups in total. The smallest absolute Gasteiger partial charge is 0.142 e. The number of oxime groups is 1. The normalized spacial score (nSPS) is 10.9. The molecular formula is C20H19NO3. The van der Waals surface area contributed by atoms with Gasteiger partial charge < -0.3 is 14.3 Å². The molecule has 0 aliphatic rings. The van der Waals surface area contributed by atoms with Gasteiger partial charge in [0, 0.05) is 5.56 Å². The summed E-state index contributed by atoms with van der Waals surface area (Å²) in [6.07, 6.45) is 1.63. The highest BCUT2D eigenvalue weighted by atomic mass is 16.6. The Hall–Kier alpha value is -3.01. The van der Waals surface area contributed by atoms with E-state index in [1.54, 1.807) is 20.4 Å². The maximum Gasteiger partial charge on any atom is 0.142 e. The molecule has 0 aromatic heterocycles. The molecule has 24 heavy (non-hydrogen) atoms. The molecule has 0 saturated heterocycles. The van der Waals surface area contributed by atoms with Crippen LogP contribution in [0.2, 0.25) is 0 Å². The minimum absolute atomic E-state index is 0.407. The summed E-state index contributed by atoms with van der Waals surface area (Å²) in [5, 5.41) is 6.43. The van der Waals surface area contributed by atoms with E-state index in [4.69, 9.17) is 14.3 Å². The van der Waals surface area contributed by atoms with Crippen LogP contribution in [0.25, 0.3) is 10.8 Å². The van der Waals surface area contributed by atoms with Crippen LogP contribution in [0.5, 0.6) is 11.5 Å². The van der Waals surface area contributed by atoms with Crippen molar-refractivity contribution in [3.63, 3.8) is 0 Å². The Balaban J connectivity index is 1.73. The van der Waals surface area contributed by atoms with E-state index in [2.05, 4.69) is 23.4 Å². The summed E-state index contributed by atoms with van der Waals surface area (Å²) in [6, 6.07) is 19.9. The van der Waals surface area contributed by atoms with E-state index in [1.165, 1.54) is 10.8 Å². The fourth-order valence-corrected chi connectivity index (χ4v) is 2.56. The van der Waals surface area contributed by atoms with Crippen LogP contribution in [0.1, 0.15) is 11.1 Å². The summed E-state index contributed by atoms with van der Waals surface area (Å²) >= 11 is 0. The van der Waals surface area contributed by atoms with Crippen LogP contribution < -0.4 is 9.47 Å². The summed E-state index contributed by atoms with van der Waals surface area (Å²) in [5.74, 6) is 1.46. The van der Waals surface area contributed by atoms with Crippen molar-refractivity contribution in [2.24, 2.45) is 5.16 Å². The first-order valence-corrected chi connectivity index (χ1v) is 7.66. The van der Waals surface area contributed by atoms with Gasteiger partial charge in [-0.25, -0.2) is 0 Å². The Morgan fingerprint density at radius 1 is 0.917 bits per heavy atom. The van der Waals surface area contributed by atoms with Crippen LogP contribution in [-0.2, 0) is 11.4 Å². The van der Waals surface area contributed by atoms with Gasteiger partial charge in [-0.1, -0.05) is 47.6 Å². The quantitative estimate of drug-likeness (QED) is 0.499. The first-order valence-electron chi connectivity index (χ1n) is 7.66. The first kappa shape index (κ1) is 15.9. The maximum absolute atomic E-state index is 5.48. The molecule has 3 aromatic rings. The van der Waals surface area contributed by atoms with Crippen molar-refractivity contribution in [3.8, 4) is 11.5 Å². The molecule has 0 bridgehead atoms. The molecule has 0 amide bonds. The minimum atomic E-state index is 0.407. The Morgan fingerprint density at radius 3 is 2.58 bits per heavy atom. The fraction of sp³-hybridized carbons (Fsp3) is 0.150. The molecule has 3 aromatic carbocycles. The van der Waals surface area contributed by atoms with Crippen molar-refractivity contribution in [3.05, 3.63) is 71.8 Å². The Bertz CT molecular complexity index is 853. The molecule has 0 aliphatic carbocycles. The zero-order valence-electron chi connectivity index (χ0n) is 13.7. The van der Waals surface area contributed by atoms with Crippen molar-refractivity contribution < 1.29 is 14.3 Å². The average Bonchev–Trinajstić information content (AvgIpc) is 2.65. The number of ether oxygens (including phenoxy) is 2. The number of methoxy groups -OCH3 is 2. The van der Waals surface area contributed by atoms with Gasteiger partial charge in [0.15, 0.2) is 0 Å². The third-order valence-electron chi connectivity index (χ3n) is 3.80. The molecule has 0 atom stereocenters. The molecule has 0 fully saturated rings. The van der Waals surface area contributed by atoms with Gasteiger partial charge in [0.25, 0.3) is 0 Å². The van der Waals surface area contributed by atoms with Crippen molar-refractivity contribution >= 4 is 17.0 Å².